The number of rotatable bonds is 2. The molecule has 1 aliphatic rings. The molecule has 1 fully saturated rings. The van der Waals surface area contributed by atoms with Crippen molar-refractivity contribution in [1.82, 2.24) is 10.3 Å². The molecule has 5 nitrogen and oxygen atoms in total. The molecule has 0 spiro atoms. The molecular weight excluding hydrogens is 230 g/mol. The third kappa shape index (κ3) is 2.46. The van der Waals surface area contributed by atoms with Crippen molar-refractivity contribution in [2.45, 2.75) is 19.4 Å². The first-order valence-electron chi connectivity index (χ1n) is 6.07. The van der Waals surface area contributed by atoms with Gasteiger partial charge in [0.25, 0.3) is 0 Å². The van der Waals surface area contributed by atoms with E-state index in [1.54, 1.807) is 18.3 Å². The maximum atomic E-state index is 11.5. The maximum absolute atomic E-state index is 11.5. The number of carbonyl (C=O) groups excluding carboxylic acids is 1. The Labute approximate surface area is 107 Å². The van der Waals surface area contributed by atoms with Crippen LogP contribution in [0.1, 0.15) is 24.2 Å². The minimum atomic E-state index is -0.327. The standard InChI is InChI=1S/C13H19N3O2/c1-13(2)9-14-6-7-16(13)11-8-10(4-5-15-11)12(17)18-3/h4-5,8,14H,6-7,9H2,1-3H3. The van der Waals surface area contributed by atoms with E-state index >= 15 is 0 Å². The van der Waals surface area contributed by atoms with Gasteiger partial charge in [-0.1, -0.05) is 0 Å². The van der Waals surface area contributed by atoms with E-state index in [2.05, 4.69) is 29.0 Å². The van der Waals surface area contributed by atoms with Gasteiger partial charge in [0.15, 0.2) is 0 Å². The Hall–Kier alpha value is -1.62. The van der Waals surface area contributed by atoms with Crippen LogP contribution in [0.25, 0.3) is 0 Å². The lowest BCUT2D eigenvalue weighted by Crippen LogP contribution is -2.58. The lowest BCUT2D eigenvalue weighted by Gasteiger charge is -2.43. The third-order valence-corrected chi connectivity index (χ3v) is 3.24. The highest BCUT2D eigenvalue weighted by Gasteiger charge is 2.30. The van der Waals surface area contributed by atoms with Crippen LogP contribution in [-0.2, 0) is 4.74 Å². The predicted octanol–water partition coefficient (Wildman–Crippen LogP) is 1.06. The van der Waals surface area contributed by atoms with Crippen molar-refractivity contribution in [3.63, 3.8) is 0 Å². The van der Waals surface area contributed by atoms with Crippen LogP contribution in [0.3, 0.4) is 0 Å². The van der Waals surface area contributed by atoms with Crippen LogP contribution in [0.15, 0.2) is 18.3 Å². The highest BCUT2D eigenvalue weighted by Crippen LogP contribution is 2.24. The first-order valence-corrected chi connectivity index (χ1v) is 6.07. The number of hydrogen-bond donors (Lipinski definition) is 1. The van der Waals surface area contributed by atoms with Gasteiger partial charge in [0.05, 0.1) is 12.7 Å². The molecule has 18 heavy (non-hydrogen) atoms. The molecule has 0 aromatic carbocycles. The Morgan fingerprint density at radius 2 is 2.33 bits per heavy atom. The SMILES string of the molecule is COC(=O)c1ccnc(N2CCNCC2(C)C)c1. The van der Waals surface area contributed by atoms with Crippen molar-refractivity contribution >= 4 is 11.8 Å². The second-order valence-corrected chi connectivity index (χ2v) is 5.04. The van der Waals surface area contributed by atoms with Crippen LogP contribution in [0, 0.1) is 0 Å². The summed E-state index contributed by atoms with van der Waals surface area (Å²) in [7, 11) is 1.39. The fourth-order valence-electron chi connectivity index (χ4n) is 2.22. The van der Waals surface area contributed by atoms with Crippen molar-refractivity contribution in [3.05, 3.63) is 23.9 Å². The Morgan fingerprint density at radius 1 is 1.56 bits per heavy atom. The van der Waals surface area contributed by atoms with Crippen LogP contribution < -0.4 is 10.2 Å². The van der Waals surface area contributed by atoms with Gasteiger partial charge in [0.1, 0.15) is 5.82 Å². The number of ether oxygens (including phenoxy) is 1. The predicted molar refractivity (Wildman–Crippen MR) is 69.9 cm³/mol. The quantitative estimate of drug-likeness (QED) is 0.794. The van der Waals surface area contributed by atoms with Crippen molar-refractivity contribution in [3.8, 4) is 0 Å². The number of anilines is 1. The molecule has 0 atom stereocenters. The molecule has 0 aliphatic carbocycles. The topological polar surface area (TPSA) is 54.5 Å². The molecule has 1 N–H and O–H groups in total. The second-order valence-electron chi connectivity index (χ2n) is 5.04. The maximum Gasteiger partial charge on any atom is 0.338 e. The zero-order chi connectivity index (χ0) is 13.2. The molecule has 0 unspecified atom stereocenters. The number of carbonyl (C=O) groups is 1. The summed E-state index contributed by atoms with van der Waals surface area (Å²) in [5, 5.41) is 3.36. The highest BCUT2D eigenvalue weighted by molar-refractivity contribution is 5.90. The van der Waals surface area contributed by atoms with Crippen LogP contribution in [-0.4, -0.2) is 43.2 Å². The molecule has 98 valence electrons. The Bertz CT molecular complexity index is 446. The summed E-state index contributed by atoms with van der Waals surface area (Å²) >= 11 is 0. The molecule has 2 heterocycles. The van der Waals surface area contributed by atoms with E-state index in [4.69, 9.17) is 4.74 Å². The van der Waals surface area contributed by atoms with E-state index in [1.807, 2.05) is 0 Å². The van der Waals surface area contributed by atoms with E-state index < -0.39 is 0 Å². The number of piperazine rings is 1. The van der Waals surface area contributed by atoms with Gasteiger partial charge < -0.3 is 15.0 Å². The van der Waals surface area contributed by atoms with Crippen molar-refractivity contribution in [2.75, 3.05) is 31.6 Å². The summed E-state index contributed by atoms with van der Waals surface area (Å²) < 4.78 is 4.73. The lowest BCUT2D eigenvalue weighted by molar-refractivity contribution is 0.0600. The molecule has 5 heteroatoms. The van der Waals surface area contributed by atoms with Gasteiger partial charge in [0.2, 0.25) is 0 Å². The Morgan fingerprint density at radius 3 is 3.00 bits per heavy atom. The smallest absolute Gasteiger partial charge is 0.338 e. The van der Waals surface area contributed by atoms with Crippen molar-refractivity contribution in [1.29, 1.82) is 0 Å². The number of esters is 1. The van der Waals surface area contributed by atoms with E-state index in [1.165, 1.54) is 7.11 Å². The van der Waals surface area contributed by atoms with Crippen LogP contribution in [0.2, 0.25) is 0 Å². The molecule has 0 amide bonds. The summed E-state index contributed by atoms with van der Waals surface area (Å²) in [5.41, 5.74) is 0.525. The summed E-state index contributed by atoms with van der Waals surface area (Å²) in [6, 6.07) is 3.46. The first-order chi connectivity index (χ1) is 8.54. The Balaban J connectivity index is 2.30. The monoisotopic (exact) mass is 249 g/mol. The first kappa shape index (κ1) is 12.8. The number of pyridine rings is 1. The number of nitrogens with one attached hydrogen (secondary N) is 1. The second kappa shape index (κ2) is 4.94. The molecular formula is C13H19N3O2. The van der Waals surface area contributed by atoms with Gasteiger partial charge in [0, 0.05) is 31.4 Å². The summed E-state index contributed by atoms with van der Waals surface area (Å²) in [6.45, 7) is 7.02. The van der Waals surface area contributed by atoms with Crippen molar-refractivity contribution < 1.29 is 9.53 Å². The highest BCUT2D eigenvalue weighted by atomic mass is 16.5. The minimum Gasteiger partial charge on any atom is -0.465 e. The van der Waals surface area contributed by atoms with E-state index in [9.17, 15) is 4.79 Å². The average molecular weight is 249 g/mol. The van der Waals surface area contributed by atoms with Crippen LogP contribution >= 0.6 is 0 Å². The third-order valence-electron chi connectivity index (χ3n) is 3.24. The Kier molecular flexibility index (Phi) is 3.52. The van der Waals surface area contributed by atoms with Gasteiger partial charge in [-0.15, -0.1) is 0 Å². The summed E-state index contributed by atoms with van der Waals surface area (Å²) in [4.78, 5) is 18.1. The minimum absolute atomic E-state index is 0.0139. The number of aromatic nitrogens is 1. The summed E-state index contributed by atoms with van der Waals surface area (Å²) in [5.74, 6) is 0.496. The van der Waals surface area contributed by atoms with Gasteiger partial charge in [-0.05, 0) is 26.0 Å². The molecule has 1 aromatic heterocycles. The van der Waals surface area contributed by atoms with Gasteiger partial charge in [-0.25, -0.2) is 9.78 Å². The number of nitrogens with zero attached hydrogens (tertiary/aromatic N) is 2. The van der Waals surface area contributed by atoms with E-state index in [-0.39, 0.29) is 11.5 Å². The van der Waals surface area contributed by atoms with E-state index in [0.717, 1.165) is 25.5 Å². The van der Waals surface area contributed by atoms with Crippen molar-refractivity contribution in [2.24, 2.45) is 0 Å². The number of methoxy groups -OCH3 is 1. The van der Waals surface area contributed by atoms with Gasteiger partial charge in [-0.3, -0.25) is 0 Å². The molecule has 1 saturated heterocycles. The molecule has 2 rings (SSSR count). The molecule has 1 aliphatic heterocycles. The largest absolute Gasteiger partial charge is 0.465 e. The van der Waals surface area contributed by atoms with E-state index in [0.29, 0.717) is 5.56 Å². The molecule has 0 saturated carbocycles. The van der Waals surface area contributed by atoms with Crippen LogP contribution in [0.4, 0.5) is 5.82 Å². The lowest BCUT2D eigenvalue weighted by atomic mass is 10.00. The van der Waals surface area contributed by atoms with Crippen LogP contribution in [0.5, 0.6) is 0 Å². The summed E-state index contributed by atoms with van der Waals surface area (Å²) in [6.07, 6.45) is 1.65. The zero-order valence-electron chi connectivity index (χ0n) is 11.1. The zero-order valence-corrected chi connectivity index (χ0v) is 11.1. The fraction of sp³-hybridized carbons (Fsp3) is 0.538. The van der Waals surface area contributed by atoms with Gasteiger partial charge in [-0.2, -0.15) is 0 Å². The molecule has 0 radical (unpaired) electrons. The fourth-order valence-corrected chi connectivity index (χ4v) is 2.22. The average Bonchev–Trinajstić information content (AvgIpc) is 2.37. The molecule has 0 bridgehead atoms. The molecule has 1 aromatic rings. The number of hydrogen-bond acceptors (Lipinski definition) is 5. The normalized spacial score (nSPS) is 18.5. The van der Waals surface area contributed by atoms with Gasteiger partial charge >= 0.3 is 5.97 Å².